The zero-order valence-electron chi connectivity index (χ0n) is 12.4. The molecule has 0 saturated heterocycles. The van der Waals surface area contributed by atoms with Gasteiger partial charge in [0.25, 0.3) is 10.2 Å². The van der Waals surface area contributed by atoms with E-state index >= 15 is 0 Å². The number of aliphatic hydroxyl groups is 1. The molecular weight excluding hydrogens is 321 g/mol. The van der Waals surface area contributed by atoms with E-state index in [1.807, 2.05) is 0 Å². The van der Waals surface area contributed by atoms with E-state index in [0.717, 1.165) is 28.6 Å². The average Bonchev–Trinajstić information content (AvgIpc) is 2.43. The highest BCUT2D eigenvalue weighted by molar-refractivity contribution is 7.87. The van der Waals surface area contributed by atoms with Crippen LogP contribution in [0.3, 0.4) is 0 Å². The molecule has 0 amide bonds. The van der Waals surface area contributed by atoms with E-state index < -0.39 is 34.1 Å². The average molecular weight is 340 g/mol. The first-order chi connectivity index (χ1) is 9.99. The lowest BCUT2D eigenvalue weighted by molar-refractivity contribution is -0.137. The predicted octanol–water partition coefficient (Wildman–Crippen LogP) is 1.91. The van der Waals surface area contributed by atoms with Crippen LogP contribution in [-0.4, -0.2) is 38.0 Å². The zero-order valence-corrected chi connectivity index (χ0v) is 13.2. The number of hydrogen-bond acceptors (Lipinski definition) is 3. The maximum absolute atomic E-state index is 12.5. The fourth-order valence-electron chi connectivity index (χ4n) is 1.77. The van der Waals surface area contributed by atoms with Gasteiger partial charge in [-0.2, -0.15) is 30.6 Å². The number of nitrogens with one attached hydrogen (secondary N) is 1. The fraction of sp³-hybridized carbons (Fsp3) is 0.538. The van der Waals surface area contributed by atoms with Crippen LogP contribution in [-0.2, 0) is 16.4 Å². The van der Waals surface area contributed by atoms with Gasteiger partial charge in [-0.05, 0) is 24.1 Å². The molecule has 0 bridgehead atoms. The van der Waals surface area contributed by atoms with Gasteiger partial charge in [0.05, 0.1) is 17.7 Å². The molecule has 0 radical (unpaired) electrons. The third kappa shape index (κ3) is 4.67. The van der Waals surface area contributed by atoms with Crippen LogP contribution in [0.15, 0.2) is 24.3 Å². The number of halogens is 3. The van der Waals surface area contributed by atoms with Crippen molar-refractivity contribution < 1.29 is 26.7 Å². The minimum Gasteiger partial charge on any atom is -0.387 e. The van der Waals surface area contributed by atoms with Crippen molar-refractivity contribution in [2.75, 3.05) is 14.1 Å². The first-order valence-electron chi connectivity index (χ1n) is 6.54. The first-order valence-corrected chi connectivity index (χ1v) is 7.98. The van der Waals surface area contributed by atoms with E-state index in [2.05, 4.69) is 4.72 Å². The Balaban J connectivity index is 2.95. The van der Waals surface area contributed by atoms with Gasteiger partial charge in [-0.1, -0.05) is 19.1 Å². The lowest BCUT2D eigenvalue weighted by Crippen LogP contribution is -2.44. The van der Waals surface area contributed by atoms with Crippen molar-refractivity contribution in [2.45, 2.75) is 31.7 Å². The van der Waals surface area contributed by atoms with Gasteiger partial charge in [-0.3, -0.25) is 0 Å². The summed E-state index contributed by atoms with van der Waals surface area (Å²) in [7, 11) is -1.08. The molecule has 0 saturated carbocycles. The Bertz CT molecular complexity index is 586. The number of hydrogen-bond donors (Lipinski definition) is 2. The van der Waals surface area contributed by atoms with Gasteiger partial charge < -0.3 is 5.11 Å². The zero-order chi connectivity index (χ0) is 17.1. The topological polar surface area (TPSA) is 69.6 Å². The first kappa shape index (κ1) is 18.9. The van der Waals surface area contributed by atoms with E-state index in [-0.39, 0.29) is 12.0 Å². The van der Waals surface area contributed by atoms with E-state index in [9.17, 15) is 26.7 Å². The highest BCUT2D eigenvalue weighted by Gasteiger charge is 2.31. The van der Waals surface area contributed by atoms with Crippen molar-refractivity contribution in [3.05, 3.63) is 35.4 Å². The highest BCUT2D eigenvalue weighted by atomic mass is 32.2. The standard InChI is InChI=1S/C13H19F3N2O3S/c1-4-11(17-22(20,21)18(2)3)12(19)9-5-7-10(8-6-9)13(14,15)16/h5-8,11-12,17,19H,4H2,1-3H3/t11-,12-/m0/s1. The number of aliphatic hydroxyl groups excluding tert-OH is 1. The molecular formula is C13H19F3N2O3S. The minimum atomic E-state index is -4.46. The van der Waals surface area contributed by atoms with Gasteiger partial charge in [-0.15, -0.1) is 0 Å². The molecule has 0 spiro atoms. The highest BCUT2D eigenvalue weighted by Crippen LogP contribution is 2.30. The molecule has 1 rings (SSSR count). The molecule has 2 atom stereocenters. The molecule has 9 heteroatoms. The summed E-state index contributed by atoms with van der Waals surface area (Å²) < 4.78 is 64.3. The Kier molecular flexibility index (Phi) is 5.96. The van der Waals surface area contributed by atoms with Gasteiger partial charge >= 0.3 is 6.18 Å². The number of nitrogens with zero attached hydrogens (tertiary/aromatic N) is 1. The molecule has 22 heavy (non-hydrogen) atoms. The molecule has 1 aromatic carbocycles. The lowest BCUT2D eigenvalue weighted by atomic mass is 10.00. The molecule has 0 aliphatic rings. The maximum Gasteiger partial charge on any atom is 0.416 e. The van der Waals surface area contributed by atoms with Crippen LogP contribution in [0.25, 0.3) is 0 Å². The Morgan fingerprint density at radius 3 is 2.09 bits per heavy atom. The normalized spacial score (nSPS) is 15.8. The number of rotatable bonds is 6. The molecule has 0 fully saturated rings. The summed E-state index contributed by atoms with van der Waals surface area (Å²) in [6.07, 6.45) is -5.43. The van der Waals surface area contributed by atoms with Crippen molar-refractivity contribution >= 4 is 10.2 Å². The van der Waals surface area contributed by atoms with Crippen molar-refractivity contribution in [1.82, 2.24) is 9.03 Å². The van der Waals surface area contributed by atoms with Gasteiger partial charge in [-0.25, -0.2) is 0 Å². The predicted molar refractivity (Wildman–Crippen MR) is 76.2 cm³/mol. The Labute approximate surface area is 127 Å². The van der Waals surface area contributed by atoms with Crippen LogP contribution in [0.5, 0.6) is 0 Å². The van der Waals surface area contributed by atoms with Crippen LogP contribution in [0.2, 0.25) is 0 Å². The van der Waals surface area contributed by atoms with Gasteiger partial charge in [0.1, 0.15) is 0 Å². The van der Waals surface area contributed by atoms with Crippen molar-refractivity contribution in [2.24, 2.45) is 0 Å². The SMILES string of the molecule is CC[C@H](NS(=O)(=O)N(C)C)[C@@H](O)c1ccc(C(F)(F)F)cc1. The van der Waals surface area contributed by atoms with Crippen molar-refractivity contribution in [3.8, 4) is 0 Å². The summed E-state index contributed by atoms with van der Waals surface area (Å²) in [6.45, 7) is 1.66. The van der Waals surface area contributed by atoms with Gasteiger partial charge in [0.2, 0.25) is 0 Å². The van der Waals surface area contributed by atoms with E-state index in [1.165, 1.54) is 14.1 Å². The van der Waals surface area contributed by atoms with Crippen molar-refractivity contribution in [3.63, 3.8) is 0 Å². The van der Waals surface area contributed by atoms with Crippen LogP contribution in [0.4, 0.5) is 13.2 Å². The monoisotopic (exact) mass is 340 g/mol. The second-order valence-electron chi connectivity index (χ2n) is 4.98. The molecule has 0 heterocycles. The summed E-state index contributed by atoms with van der Waals surface area (Å²) in [5.74, 6) is 0. The molecule has 5 nitrogen and oxygen atoms in total. The summed E-state index contributed by atoms with van der Waals surface area (Å²) in [6, 6.07) is 3.14. The van der Waals surface area contributed by atoms with Crippen LogP contribution in [0, 0.1) is 0 Å². The largest absolute Gasteiger partial charge is 0.416 e. The molecule has 0 aliphatic carbocycles. The molecule has 0 aromatic heterocycles. The Hall–Kier alpha value is -1.16. The molecule has 2 N–H and O–H groups in total. The second-order valence-corrected chi connectivity index (χ2v) is 6.90. The van der Waals surface area contributed by atoms with E-state index in [4.69, 9.17) is 0 Å². The third-order valence-corrected chi connectivity index (χ3v) is 4.74. The summed E-state index contributed by atoms with van der Waals surface area (Å²) in [5.41, 5.74) is -0.619. The smallest absolute Gasteiger partial charge is 0.387 e. The number of benzene rings is 1. The van der Waals surface area contributed by atoms with Gasteiger partial charge in [0, 0.05) is 14.1 Å². The lowest BCUT2D eigenvalue weighted by Gasteiger charge is -2.25. The third-order valence-electron chi connectivity index (χ3n) is 3.18. The summed E-state index contributed by atoms with van der Waals surface area (Å²) in [5, 5.41) is 10.2. The van der Waals surface area contributed by atoms with Crippen LogP contribution < -0.4 is 4.72 Å². The summed E-state index contributed by atoms with van der Waals surface area (Å²) in [4.78, 5) is 0. The number of alkyl halides is 3. The molecule has 1 aromatic rings. The van der Waals surface area contributed by atoms with Crippen LogP contribution >= 0.6 is 0 Å². The summed E-state index contributed by atoms with van der Waals surface area (Å²) >= 11 is 0. The molecule has 0 aliphatic heterocycles. The quantitative estimate of drug-likeness (QED) is 0.831. The maximum atomic E-state index is 12.5. The van der Waals surface area contributed by atoms with E-state index in [0.29, 0.717) is 0 Å². The van der Waals surface area contributed by atoms with Gasteiger partial charge in [0.15, 0.2) is 0 Å². The Morgan fingerprint density at radius 2 is 1.73 bits per heavy atom. The Morgan fingerprint density at radius 1 is 1.23 bits per heavy atom. The fourth-order valence-corrected chi connectivity index (χ4v) is 2.66. The van der Waals surface area contributed by atoms with Crippen LogP contribution in [0.1, 0.15) is 30.6 Å². The second kappa shape index (κ2) is 6.95. The minimum absolute atomic E-state index is 0.210. The van der Waals surface area contributed by atoms with Crippen molar-refractivity contribution in [1.29, 1.82) is 0 Å². The molecule has 126 valence electrons. The molecule has 0 unspecified atom stereocenters. The van der Waals surface area contributed by atoms with E-state index in [1.54, 1.807) is 6.92 Å².